The van der Waals surface area contributed by atoms with Crippen molar-refractivity contribution in [2.24, 2.45) is 16.7 Å². The van der Waals surface area contributed by atoms with Gasteiger partial charge in [-0.25, -0.2) is 0 Å². The van der Waals surface area contributed by atoms with Gasteiger partial charge in [0.2, 0.25) is 0 Å². The minimum Gasteiger partial charge on any atom is -0.396 e. The maximum atomic E-state index is 8.83. The molecule has 1 unspecified atom stereocenters. The molecular formula is C13H25NO. The molecule has 0 heterocycles. The molecule has 2 rings (SSSR count). The summed E-state index contributed by atoms with van der Waals surface area (Å²) in [6.45, 7) is 8.54. The summed E-state index contributed by atoms with van der Waals surface area (Å²) >= 11 is 0. The quantitative estimate of drug-likeness (QED) is 0.699. The van der Waals surface area contributed by atoms with E-state index in [9.17, 15) is 0 Å². The molecule has 88 valence electrons. The molecule has 2 nitrogen and oxygen atoms in total. The van der Waals surface area contributed by atoms with Crippen molar-refractivity contribution >= 4 is 0 Å². The molecule has 0 spiro atoms. The summed E-state index contributed by atoms with van der Waals surface area (Å²) in [6.07, 6.45) is 5.09. The van der Waals surface area contributed by atoms with Gasteiger partial charge in [0, 0.05) is 12.6 Å². The van der Waals surface area contributed by atoms with Crippen LogP contribution in [0, 0.1) is 16.7 Å². The van der Waals surface area contributed by atoms with Crippen molar-refractivity contribution < 1.29 is 5.11 Å². The molecule has 0 aliphatic heterocycles. The van der Waals surface area contributed by atoms with Crippen molar-refractivity contribution in [1.82, 2.24) is 5.32 Å². The highest BCUT2D eigenvalue weighted by molar-refractivity contribution is 5.11. The Morgan fingerprint density at radius 1 is 1.33 bits per heavy atom. The first-order chi connectivity index (χ1) is 7.00. The van der Waals surface area contributed by atoms with Crippen molar-refractivity contribution in [2.75, 3.05) is 13.2 Å². The predicted molar refractivity (Wildman–Crippen MR) is 62.7 cm³/mol. The van der Waals surface area contributed by atoms with Gasteiger partial charge in [0.05, 0.1) is 0 Å². The Hall–Kier alpha value is -0.0800. The maximum absolute atomic E-state index is 8.83. The highest BCUT2D eigenvalue weighted by atomic mass is 16.3. The standard InChI is InChI=1S/C13H25NO/c1-12(2)10-5-6-13(3,9-10)11(12)14-7-4-8-15/h10-11,14-15H,4-9H2,1-3H3/t10-,11?,13+/m0/s1. The number of hydrogen-bond donors (Lipinski definition) is 2. The largest absolute Gasteiger partial charge is 0.396 e. The molecule has 15 heavy (non-hydrogen) atoms. The molecule has 0 amide bonds. The van der Waals surface area contributed by atoms with Gasteiger partial charge >= 0.3 is 0 Å². The normalized spacial score (nSPS) is 42.4. The molecular weight excluding hydrogens is 186 g/mol. The lowest BCUT2D eigenvalue weighted by Gasteiger charge is -2.43. The van der Waals surface area contributed by atoms with E-state index < -0.39 is 0 Å². The fourth-order valence-corrected chi connectivity index (χ4v) is 4.14. The summed E-state index contributed by atoms with van der Waals surface area (Å²) in [6, 6.07) is 0.648. The van der Waals surface area contributed by atoms with Crippen molar-refractivity contribution in [3.63, 3.8) is 0 Å². The zero-order valence-corrected chi connectivity index (χ0v) is 10.3. The fourth-order valence-electron chi connectivity index (χ4n) is 4.14. The smallest absolute Gasteiger partial charge is 0.0443 e. The topological polar surface area (TPSA) is 32.3 Å². The third-order valence-corrected chi connectivity index (χ3v) is 4.95. The SMILES string of the molecule is CC1(C)C(NCCCO)[C@]2(C)CC[C@H]1C2. The Morgan fingerprint density at radius 2 is 2.07 bits per heavy atom. The summed E-state index contributed by atoms with van der Waals surface area (Å²) in [5.74, 6) is 0.911. The second kappa shape index (κ2) is 3.74. The highest BCUT2D eigenvalue weighted by Gasteiger charge is 2.58. The Balaban J connectivity index is 2.02. The second-order valence-electron chi connectivity index (χ2n) is 6.38. The van der Waals surface area contributed by atoms with Crippen LogP contribution in [-0.4, -0.2) is 24.3 Å². The van der Waals surface area contributed by atoms with Crippen LogP contribution in [0.5, 0.6) is 0 Å². The lowest BCUT2D eigenvalue weighted by atomic mass is 9.68. The molecule has 0 aromatic heterocycles. The van der Waals surface area contributed by atoms with E-state index in [1.165, 1.54) is 19.3 Å². The summed E-state index contributed by atoms with van der Waals surface area (Å²) in [5.41, 5.74) is 0.964. The number of nitrogens with one attached hydrogen (secondary N) is 1. The molecule has 0 saturated heterocycles. The van der Waals surface area contributed by atoms with Crippen molar-refractivity contribution in [1.29, 1.82) is 0 Å². The Bertz CT molecular complexity index is 234. The van der Waals surface area contributed by atoms with Gasteiger partial charge in [-0.05, 0) is 49.0 Å². The van der Waals surface area contributed by atoms with E-state index in [2.05, 4.69) is 26.1 Å². The van der Waals surface area contributed by atoms with Gasteiger partial charge in [-0.3, -0.25) is 0 Å². The van der Waals surface area contributed by atoms with E-state index in [0.29, 0.717) is 23.5 Å². The molecule has 2 aliphatic rings. The van der Waals surface area contributed by atoms with Crippen LogP contribution in [0.15, 0.2) is 0 Å². The average molecular weight is 211 g/mol. The van der Waals surface area contributed by atoms with Crippen LogP contribution in [0.4, 0.5) is 0 Å². The fraction of sp³-hybridized carbons (Fsp3) is 1.00. The average Bonchev–Trinajstić information content (AvgIpc) is 2.62. The van der Waals surface area contributed by atoms with Crippen LogP contribution in [0.2, 0.25) is 0 Å². The van der Waals surface area contributed by atoms with Crippen molar-refractivity contribution in [2.45, 2.75) is 52.5 Å². The van der Waals surface area contributed by atoms with Gasteiger partial charge in [0.15, 0.2) is 0 Å². The zero-order chi connectivity index (χ0) is 11.1. The molecule has 0 aromatic rings. The van der Waals surface area contributed by atoms with Gasteiger partial charge in [-0.15, -0.1) is 0 Å². The lowest BCUT2D eigenvalue weighted by molar-refractivity contribution is 0.107. The van der Waals surface area contributed by atoms with Gasteiger partial charge in [0.1, 0.15) is 0 Å². The third kappa shape index (κ3) is 1.72. The van der Waals surface area contributed by atoms with E-state index in [4.69, 9.17) is 5.11 Å². The van der Waals surface area contributed by atoms with Crippen molar-refractivity contribution in [3.05, 3.63) is 0 Å². The van der Waals surface area contributed by atoms with Crippen LogP contribution >= 0.6 is 0 Å². The molecule has 2 saturated carbocycles. The summed E-state index contributed by atoms with van der Waals surface area (Å²) in [5, 5.41) is 12.5. The zero-order valence-electron chi connectivity index (χ0n) is 10.3. The Labute approximate surface area is 93.5 Å². The Kier molecular flexibility index (Phi) is 2.85. The first-order valence-electron chi connectivity index (χ1n) is 6.35. The van der Waals surface area contributed by atoms with Crippen LogP contribution in [0.3, 0.4) is 0 Å². The summed E-state index contributed by atoms with van der Waals surface area (Å²) in [7, 11) is 0. The third-order valence-electron chi connectivity index (χ3n) is 4.95. The van der Waals surface area contributed by atoms with E-state index in [1.807, 2.05) is 0 Å². The number of aliphatic hydroxyl groups is 1. The molecule has 3 atom stereocenters. The number of aliphatic hydroxyl groups excluding tert-OH is 1. The number of hydrogen-bond acceptors (Lipinski definition) is 2. The molecule has 2 bridgehead atoms. The highest BCUT2D eigenvalue weighted by Crippen LogP contribution is 2.62. The van der Waals surface area contributed by atoms with Crippen LogP contribution in [0.25, 0.3) is 0 Å². The van der Waals surface area contributed by atoms with Crippen molar-refractivity contribution in [3.8, 4) is 0 Å². The molecule has 0 radical (unpaired) electrons. The van der Waals surface area contributed by atoms with Crippen LogP contribution in [0.1, 0.15) is 46.5 Å². The van der Waals surface area contributed by atoms with Gasteiger partial charge in [-0.1, -0.05) is 20.8 Å². The second-order valence-corrected chi connectivity index (χ2v) is 6.38. The lowest BCUT2D eigenvalue weighted by Crippen LogP contribution is -2.50. The minimum absolute atomic E-state index is 0.306. The molecule has 2 fully saturated rings. The monoisotopic (exact) mass is 211 g/mol. The van der Waals surface area contributed by atoms with Gasteiger partial charge in [-0.2, -0.15) is 0 Å². The first-order valence-corrected chi connectivity index (χ1v) is 6.35. The maximum Gasteiger partial charge on any atom is 0.0443 e. The van der Waals surface area contributed by atoms with Crippen LogP contribution < -0.4 is 5.32 Å². The van der Waals surface area contributed by atoms with E-state index in [-0.39, 0.29) is 0 Å². The summed E-state index contributed by atoms with van der Waals surface area (Å²) < 4.78 is 0. The van der Waals surface area contributed by atoms with E-state index in [1.54, 1.807) is 0 Å². The molecule has 2 N–H and O–H groups in total. The summed E-state index contributed by atoms with van der Waals surface area (Å²) in [4.78, 5) is 0. The molecule has 2 heteroatoms. The predicted octanol–water partition coefficient (Wildman–Crippen LogP) is 2.17. The van der Waals surface area contributed by atoms with E-state index in [0.717, 1.165) is 18.9 Å². The van der Waals surface area contributed by atoms with Crippen LogP contribution in [-0.2, 0) is 0 Å². The minimum atomic E-state index is 0.306. The molecule has 2 aliphatic carbocycles. The first kappa shape index (κ1) is 11.4. The Morgan fingerprint density at radius 3 is 2.60 bits per heavy atom. The number of rotatable bonds is 4. The molecule has 0 aromatic carbocycles. The number of fused-ring (bicyclic) bond motifs is 2. The van der Waals surface area contributed by atoms with Gasteiger partial charge < -0.3 is 10.4 Å². The van der Waals surface area contributed by atoms with Gasteiger partial charge in [0.25, 0.3) is 0 Å². The van der Waals surface area contributed by atoms with E-state index >= 15 is 0 Å².